The first-order valence-corrected chi connectivity index (χ1v) is 6.98. The SMILES string of the molecule is O=C1CCCCC(=O)N1c1ccc2c(c1)NCCC2. The number of hydrogen-bond acceptors (Lipinski definition) is 3. The fourth-order valence-corrected chi connectivity index (χ4v) is 2.79. The number of anilines is 2. The van der Waals surface area contributed by atoms with Crippen LogP contribution in [0.15, 0.2) is 18.2 Å². The average Bonchev–Trinajstić information content (AvgIpc) is 2.59. The number of nitrogens with one attached hydrogen (secondary N) is 1. The van der Waals surface area contributed by atoms with Gasteiger partial charge in [-0.15, -0.1) is 0 Å². The van der Waals surface area contributed by atoms with Crippen LogP contribution in [-0.4, -0.2) is 18.4 Å². The second kappa shape index (κ2) is 5.03. The highest BCUT2D eigenvalue weighted by atomic mass is 16.2. The van der Waals surface area contributed by atoms with Gasteiger partial charge in [0.25, 0.3) is 0 Å². The molecule has 0 aliphatic carbocycles. The van der Waals surface area contributed by atoms with E-state index in [2.05, 4.69) is 5.32 Å². The van der Waals surface area contributed by atoms with Crippen molar-refractivity contribution < 1.29 is 9.59 Å². The monoisotopic (exact) mass is 258 g/mol. The van der Waals surface area contributed by atoms with Crippen LogP contribution in [0.2, 0.25) is 0 Å². The number of carbonyl (C=O) groups excluding carboxylic acids is 2. The molecule has 1 N–H and O–H groups in total. The maximum absolute atomic E-state index is 12.1. The van der Waals surface area contributed by atoms with E-state index in [9.17, 15) is 9.59 Å². The van der Waals surface area contributed by atoms with Crippen LogP contribution in [0.1, 0.15) is 37.7 Å². The smallest absolute Gasteiger partial charge is 0.233 e. The lowest BCUT2D eigenvalue weighted by Crippen LogP contribution is -2.35. The number of nitrogens with zero attached hydrogens (tertiary/aromatic N) is 1. The Bertz CT molecular complexity index is 507. The molecule has 0 radical (unpaired) electrons. The van der Waals surface area contributed by atoms with Gasteiger partial charge in [-0.05, 0) is 43.4 Å². The lowest BCUT2D eigenvalue weighted by atomic mass is 10.0. The summed E-state index contributed by atoms with van der Waals surface area (Å²) in [7, 11) is 0. The van der Waals surface area contributed by atoms with Crippen LogP contribution in [0, 0.1) is 0 Å². The Morgan fingerprint density at radius 3 is 2.42 bits per heavy atom. The molecule has 100 valence electrons. The van der Waals surface area contributed by atoms with E-state index in [0.717, 1.165) is 37.9 Å². The van der Waals surface area contributed by atoms with Crippen molar-refractivity contribution in [3.05, 3.63) is 23.8 Å². The summed E-state index contributed by atoms with van der Waals surface area (Å²) < 4.78 is 0. The molecule has 2 aliphatic heterocycles. The summed E-state index contributed by atoms with van der Waals surface area (Å²) in [5, 5.41) is 3.34. The Kier molecular flexibility index (Phi) is 3.23. The predicted octanol–water partition coefficient (Wildman–Crippen LogP) is 2.48. The maximum atomic E-state index is 12.1. The summed E-state index contributed by atoms with van der Waals surface area (Å²) in [6, 6.07) is 5.87. The number of hydrogen-bond donors (Lipinski definition) is 1. The summed E-state index contributed by atoms with van der Waals surface area (Å²) in [6.45, 7) is 0.957. The minimum atomic E-state index is -0.0711. The Hall–Kier alpha value is -1.84. The number of amides is 2. The largest absolute Gasteiger partial charge is 0.385 e. The number of carbonyl (C=O) groups is 2. The topological polar surface area (TPSA) is 49.4 Å². The van der Waals surface area contributed by atoms with Crippen molar-refractivity contribution in [1.82, 2.24) is 0 Å². The minimum absolute atomic E-state index is 0.0711. The van der Waals surface area contributed by atoms with Gasteiger partial charge in [0.2, 0.25) is 11.8 Å². The molecule has 2 aliphatic rings. The first kappa shape index (κ1) is 12.2. The zero-order valence-corrected chi connectivity index (χ0v) is 10.9. The van der Waals surface area contributed by atoms with Gasteiger partial charge < -0.3 is 5.32 Å². The highest BCUT2D eigenvalue weighted by Crippen LogP contribution is 2.29. The molecule has 4 heteroatoms. The molecule has 0 spiro atoms. The van der Waals surface area contributed by atoms with E-state index in [0.29, 0.717) is 18.5 Å². The van der Waals surface area contributed by atoms with Gasteiger partial charge in [0.05, 0.1) is 5.69 Å². The minimum Gasteiger partial charge on any atom is -0.385 e. The number of benzene rings is 1. The third-order valence-corrected chi connectivity index (χ3v) is 3.82. The average molecular weight is 258 g/mol. The molecule has 0 aromatic heterocycles. The second-order valence-electron chi connectivity index (χ2n) is 5.20. The van der Waals surface area contributed by atoms with E-state index in [-0.39, 0.29) is 11.8 Å². The van der Waals surface area contributed by atoms with E-state index >= 15 is 0 Å². The molecule has 1 fully saturated rings. The van der Waals surface area contributed by atoms with Crippen LogP contribution in [0.25, 0.3) is 0 Å². The van der Waals surface area contributed by atoms with E-state index < -0.39 is 0 Å². The molecule has 19 heavy (non-hydrogen) atoms. The highest BCUT2D eigenvalue weighted by molar-refractivity contribution is 6.15. The van der Waals surface area contributed by atoms with E-state index in [4.69, 9.17) is 0 Å². The third-order valence-electron chi connectivity index (χ3n) is 3.82. The normalized spacial score (nSPS) is 19.7. The van der Waals surface area contributed by atoms with Crippen molar-refractivity contribution in [3.63, 3.8) is 0 Å². The standard InChI is InChI=1S/C15H18N2O2/c18-14-5-1-2-6-15(19)17(14)12-8-7-11-4-3-9-16-13(11)10-12/h7-8,10,16H,1-6,9H2. The van der Waals surface area contributed by atoms with Gasteiger partial charge >= 0.3 is 0 Å². The van der Waals surface area contributed by atoms with E-state index in [1.807, 2.05) is 18.2 Å². The second-order valence-corrected chi connectivity index (χ2v) is 5.20. The molecular weight excluding hydrogens is 240 g/mol. The van der Waals surface area contributed by atoms with Crippen LogP contribution in [0.3, 0.4) is 0 Å². The zero-order chi connectivity index (χ0) is 13.2. The quantitative estimate of drug-likeness (QED) is 0.787. The van der Waals surface area contributed by atoms with E-state index in [1.165, 1.54) is 10.5 Å². The van der Waals surface area contributed by atoms with Crippen LogP contribution < -0.4 is 10.2 Å². The van der Waals surface area contributed by atoms with Crippen LogP contribution in [0.4, 0.5) is 11.4 Å². The summed E-state index contributed by atoms with van der Waals surface area (Å²) in [6.07, 6.45) is 4.75. The molecule has 0 saturated carbocycles. The lowest BCUT2D eigenvalue weighted by Gasteiger charge is -2.23. The molecule has 2 heterocycles. The maximum Gasteiger partial charge on any atom is 0.233 e. The van der Waals surface area contributed by atoms with Gasteiger partial charge in [-0.2, -0.15) is 0 Å². The van der Waals surface area contributed by atoms with Crippen molar-refractivity contribution >= 4 is 23.2 Å². The first-order chi connectivity index (χ1) is 9.25. The molecule has 2 amide bonds. The van der Waals surface area contributed by atoms with Gasteiger partial charge in [0, 0.05) is 25.1 Å². The van der Waals surface area contributed by atoms with Gasteiger partial charge in [-0.1, -0.05) is 6.07 Å². The molecule has 4 nitrogen and oxygen atoms in total. The van der Waals surface area contributed by atoms with Gasteiger partial charge in [-0.25, -0.2) is 0 Å². The van der Waals surface area contributed by atoms with Gasteiger partial charge in [0.1, 0.15) is 0 Å². The Morgan fingerprint density at radius 1 is 0.947 bits per heavy atom. The van der Waals surface area contributed by atoms with Crippen LogP contribution in [-0.2, 0) is 16.0 Å². The Morgan fingerprint density at radius 2 is 1.68 bits per heavy atom. The fraction of sp³-hybridized carbons (Fsp3) is 0.467. The number of fused-ring (bicyclic) bond motifs is 1. The van der Waals surface area contributed by atoms with E-state index in [1.54, 1.807) is 0 Å². The molecule has 1 aromatic rings. The number of aryl methyl sites for hydroxylation is 1. The number of rotatable bonds is 1. The summed E-state index contributed by atoms with van der Waals surface area (Å²) in [5.41, 5.74) is 3.04. The van der Waals surface area contributed by atoms with Crippen molar-refractivity contribution in [1.29, 1.82) is 0 Å². The highest BCUT2D eigenvalue weighted by Gasteiger charge is 2.26. The van der Waals surface area contributed by atoms with Crippen molar-refractivity contribution in [3.8, 4) is 0 Å². The van der Waals surface area contributed by atoms with Crippen LogP contribution >= 0.6 is 0 Å². The molecular formula is C15H18N2O2. The van der Waals surface area contributed by atoms with Crippen molar-refractivity contribution in [2.75, 3.05) is 16.8 Å². The Balaban J connectivity index is 1.95. The first-order valence-electron chi connectivity index (χ1n) is 6.98. The molecule has 1 aromatic carbocycles. The van der Waals surface area contributed by atoms with Crippen molar-refractivity contribution in [2.24, 2.45) is 0 Å². The molecule has 3 rings (SSSR count). The fourth-order valence-electron chi connectivity index (χ4n) is 2.79. The molecule has 0 unspecified atom stereocenters. The predicted molar refractivity (Wildman–Crippen MR) is 74.2 cm³/mol. The van der Waals surface area contributed by atoms with Crippen molar-refractivity contribution in [2.45, 2.75) is 38.5 Å². The van der Waals surface area contributed by atoms with Gasteiger partial charge in [-0.3, -0.25) is 14.5 Å². The summed E-state index contributed by atoms with van der Waals surface area (Å²) in [4.78, 5) is 25.5. The zero-order valence-electron chi connectivity index (χ0n) is 10.9. The molecule has 0 bridgehead atoms. The molecule has 0 atom stereocenters. The molecule has 1 saturated heterocycles. The number of imide groups is 1. The summed E-state index contributed by atoms with van der Waals surface area (Å²) in [5.74, 6) is -0.142. The van der Waals surface area contributed by atoms with Crippen LogP contribution in [0.5, 0.6) is 0 Å². The lowest BCUT2D eigenvalue weighted by molar-refractivity contribution is -0.125. The summed E-state index contributed by atoms with van der Waals surface area (Å²) >= 11 is 0. The third kappa shape index (κ3) is 2.35. The Labute approximate surface area is 112 Å². The van der Waals surface area contributed by atoms with Gasteiger partial charge in [0.15, 0.2) is 0 Å².